The average Bonchev–Trinajstić information content (AvgIpc) is 3.02. The Morgan fingerprint density at radius 3 is 2.57 bits per heavy atom. The van der Waals surface area contributed by atoms with Gasteiger partial charge in [-0.1, -0.05) is 6.07 Å². The van der Waals surface area contributed by atoms with E-state index in [1.807, 2.05) is 19.0 Å². The van der Waals surface area contributed by atoms with Gasteiger partial charge in [0.25, 0.3) is 11.7 Å². The number of ether oxygens (including phenoxy) is 2. The van der Waals surface area contributed by atoms with Crippen molar-refractivity contribution in [3.63, 3.8) is 0 Å². The molecule has 1 atom stereocenters. The third-order valence-corrected chi connectivity index (χ3v) is 4.99. The van der Waals surface area contributed by atoms with Gasteiger partial charge in [-0.15, -0.1) is 0 Å². The van der Waals surface area contributed by atoms with Crippen LogP contribution in [0.3, 0.4) is 0 Å². The normalized spacial score (nSPS) is 18.2. The molecule has 0 spiro atoms. The van der Waals surface area contributed by atoms with Crippen molar-refractivity contribution in [1.82, 2.24) is 14.8 Å². The van der Waals surface area contributed by atoms with Gasteiger partial charge in [-0.05, 0) is 37.9 Å². The van der Waals surface area contributed by atoms with E-state index in [1.54, 1.807) is 42.7 Å². The third-order valence-electron chi connectivity index (χ3n) is 4.99. The largest absolute Gasteiger partial charge is 0.507 e. The number of hydrogen-bond acceptors (Lipinski definition) is 7. The number of aromatic nitrogens is 1. The molecule has 1 aromatic heterocycles. The number of likely N-dealkylation sites (N-methyl/N-ethyl adjacent to an activating group) is 1. The maximum atomic E-state index is 13.0. The van der Waals surface area contributed by atoms with E-state index in [1.165, 1.54) is 19.1 Å². The van der Waals surface area contributed by atoms with Gasteiger partial charge in [0.15, 0.2) is 0 Å². The van der Waals surface area contributed by atoms with Crippen molar-refractivity contribution in [3.8, 4) is 11.5 Å². The number of ketones is 1. The Morgan fingerprint density at radius 2 is 1.97 bits per heavy atom. The van der Waals surface area contributed by atoms with Crippen molar-refractivity contribution in [2.75, 3.05) is 41.4 Å². The van der Waals surface area contributed by atoms with E-state index < -0.39 is 17.7 Å². The van der Waals surface area contributed by atoms with E-state index in [-0.39, 0.29) is 11.3 Å². The first-order chi connectivity index (χ1) is 14.4. The molecule has 1 aromatic carbocycles. The zero-order valence-corrected chi connectivity index (χ0v) is 17.5. The Labute approximate surface area is 175 Å². The first kappa shape index (κ1) is 21.3. The Morgan fingerprint density at radius 1 is 1.20 bits per heavy atom. The van der Waals surface area contributed by atoms with Crippen LogP contribution in [0, 0.1) is 0 Å². The van der Waals surface area contributed by atoms with Crippen LogP contribution in [0.2, 0.25) is 0 Å². The summed E-state index contributed by atoms with van der Waals surface area (Å²) in [6.45, 7) is 0.892. The summed E-state index contributed by atoms with van der Waals surface area (Å²) in [5.74, 6) is -0.818. The molecule has 0 saturated carbocycles. The first-order valence-electron chi connectivity index (χ1n) is 9.44. The van der Waals surface area contributed by atoms with Crippen LogP contribution < -0.4 is 9.47 Å². The molecule has 158 valence electrons. The minimum absolute atomic E-state index is 0.00947. The topological polar surface area (TPSA) is 92.2 Å². The molecule has 0 unspecified atom stereocenters. The van der Waals surface area contributed by atoms with Crippen LogP contribution in [0.15, 0.2) is 48.3 Å². The van der Waals surface area contributed by atoms with Crippen molar-refractivity contribution in [2.45, 2.75) is 6.04 Å². The number of pyridine rings is 1. The van der Waals surface area contributed by atoms with Crippen LogP contribution in [0.5, 0.6) is 11.5 Å². The Bertz CT molecular complexity index is 972. The number of methoxy groups -OCH3 is 2. The second-order valence-electron chi connectivity index (χ2n) is 7.15. The predicted octanol–water partition coefficient (Wildman–Crippen LogP) is 2.08. The highest BCUT2D eigenvalue weighted by atomic mass is 16.5. The smallest absolute Gasteiger partial charge is 0.295 e. The van der Waals surface area contributed by atoms with Gasteiger partial charge in [-0.25, -0.2) is 0 Å². The van der Waals surface area contributed by atoms with Gasteiger partial charge in [0.2, 0.25) is 0 Å². The summed E-state index contributed by atoms with van der Waals surface area (Å²) in [5.41, 5.74) is 0.956. The lowest BCUT2D eigenvalue weighted by Gasteiger charge is -2.26. The molecule has 8 nitrogen and oxygen atoms in total. The van der Waals surface area contributed by atoms with E-state index in [4.69, 9.17) is 9.47 Å². The number of likely N-dealkylation sites (tertiary alicyclic amines) is 1. The first-order valence-corrected chi connectivity index (χ1v) is 9.44. The zero-order chi connectivity index (χ0) is 21.8. The quantitative estimate of drug-likeness (QED) is 0.424. The van der Waals surface area contributed by atoms with E-state index in [0.717, 1.165) is 0 Å². The van der Waals surface area contributed by atoms with Crippen LogP contribution in [-0.2, 0) is 9.59 Å². The highest BCUT2D eigenvalue weighted by Crippen LogP contribution is 2.41. The summed E-state index contributed by atoms with van der Waals surface area (Å²) in [5, 5.41) is 11.1. The molecule has 2 heterocycles. The molecule has 0 bridgehead atoms. The molecule has 8 heteroatoms. The number of amides is 1. The molecule has 1 fully saturated rings. The number of carbonyl (C=O) groups is 2. The fourth-order valence-corrected chi connectivity index (χ4v) is 3.44. The monoisotopic (exact) mass is 411 g/mol. The lowest BCUT2D eigenvalue weighted by atomic mass is 9.96. The maximum Gasteiger partial charge on any atom is 0.295 e. The van der Waals surface area contributed by atoms with Crippen molar-refractivity contribution in [2.24, 2.45) is 0 Å². The lowest BCUT2D eigenvalue weighted by Crippen LogP contribution is -2.35. The van der Waals surface area contributed by atoms with Crippen LogP contribution in [0.1, 0.15) is 17.2 Å². The molecule has 1 amide bonds. The standard InChI is InChI=1S/C22H25N3O5/c1-24(2)10-11-25-19(14-6-5-9-23-13-14)18(21(27)22(25)28)20(26)16-8-7-15(29-3)12-17(16)30-4/h5-9,12-13,19,26H,10-11H2,1-4H3/t19-/m0/s1. The van der Waals surface area contributed by atoms with Crippen LogP contribution in [0.4, 0.5) is 0 Å². The van der Waals surface area contributed by atoms with Crippen molar-refractivity contribution < 1.29 is 24.2 Å². The molecule has 0 aliphatic carbocycles. The number of aliphatic hydroxyl groups is 1. The molecule has 1 aliphatic heterocycles. The van der Waals surface area contributed by atoms with E-state index in [9.17, 15) is 14.7 Å². The number of nitrogens with zero attached hydrogens (tertiary/aromatic N) is 3. The lowest BCUT2D eigenvalue weighted by molar-refractivity contribution is -0.140. The molecule has 1 N–H and O–H groups in total. The Kier molecular flexibility index (Phi) is 6.37. The van der Waals surface area contributed by atoms with Gasteiger partial charge in [-0.2, -0.15) is 0 Å². The van der Waals surface area contributed by atoms with Crippen LogP contribution in [-0.4, -0.2) is 73.0 Å². The predicted molar refractivity (Wildman–Crippen MR) is 111 cm³/mol. The van der Waals surface area contributed by atoms with Gasteiger partial charge in [0.1, 0.15) is 17.3 Å². The van der Waals surface area contributed by atoms with Gasteiger partial charge < -0.3 is 24.4 Å². The second-order valence-corrected chi connectivity index (χ2v) is 7.15. The molecule has 3 rings (SSSR count). The number of hydrogen-bond donors (Lipinski definition) is 1. The van der Waals surface area contributed by atoms with Gasteiger partial charge in [0, 0.05) is 31.5 Å². The van der Waals surface area contributed by atoms with Crippen molar-refractivity contribution >= 4 is 17.4 Å². The molecule has 1 aliphatic rings. The van der Waals surface area contributed by atoms with Gasteiger partial charge in [0.05, 0.1) is 31.4 Å². The SMILES string of the molecule is COc1ccc(C(O)=C2C(=O)C(=O)N(CCN(C)C)[C@H]2c2cccnc2)c(OC)c1. The van der Waals surface area contributed by atoms with Crippen molar-refractivity contribution in [1.29, 1.82) is 0 Å². The molecule has 0 radical (unpaired) electrons. The van der Waals surface area contributed by atoms with E-state index in [2.05, 4.69) is 4.98 Å². The van der Waals surface area contributed by atoms with E-state index in [0.29, 0.717) is 35.7 Å². The van der Waals surface area contributed by atoms with Gasteiger partial charge in [-0.3, -0.25) is 14.6 Å². The summed E-state index contributed by atoms with van der Waals surface area (Å²) in [4.78, 5) is 33.3. The molecular weight excluding hydrogens is 386 g/mol. The van der Waals surface area contributed by atoms with Crippen LogP contribution in [0.25, 0.3) is 5.76 Å². The number of benzene rings is 1. The summed E-state index contributed by atoms with van der Waals surface area (Å²) in [6.07, 6.45) is 3.21. The fourth-order valence-electron chi connectivity index (χ4n) is 3.44. The number of aliphatic hydroxyl groups excluding tert-OH is 1. The van der Waals surface area contributed by atoms with Gasteiger partial charge >= 0.3 is 0 Å². The zero-order valence-electron chi connectivity index (χ0n) is 17.5. The summed E-state index contributed by atoms with van der Waals surface area (Å²) in [7, 11) is 6.75. The number of rotatable bonds is 7. The highest BCUT2D eigenvalue weighted by molar-refractivity contribution is 6.46. The summed E-state index contributed by atoms with van der Waals surface area (Å²) < 4.78 is 10.6. The fraction of sp³-hybridized carbons (Fsp3) is 0.318. The average molecular weight is 411 g/mol. The summed E-state index contributed by atoms with van der Waals surface area (Å²) >= 11 is 0. The Balaban J connectivity index is 2.17. The second kappa shape index (κ2) is 8.96. The minimum Gasteiger partial charge on any atom is -0.507 e. The molecule has 1 saturated heterocycles. The van der Waals surface area contributed by atoms with Crippen molar-refractivity contribution in [3.05, 3.63) is 59.4 Å². The van der Waals surface area contributed by atoms with E-state index >= 15 is 0 Å². The number of Topliss-reactive ketones (excluding diaryl/α,β-unsaturated/α-hetero) is 1. The molecule has 30 heavy (non-hydrogen) atoms. The number of carbonyl (C=O) groups excluding carboxylic acids is 2. The highest BCUT2D eigenvalue weighted by Gasteiger charge is 2.46. The maximum absolute atomic E-state index is 13.0. The Hall–Kier alpha value is -3.39. The van der Waals surface area contributed by atoms with Crippen LogP contribution >= 0.6 is 0 Å². The minimum atomic E-state index is -0.745. The third kappa shape index (κ3) is 3.99. The molecular formula is C22H25N3O5. The summed E-state index contributed by atoms with van der Waals surface area (Å²) in [6, 6.07) is 7.63. The molecule has 2 aromatic rings.